The number of carbonyl (C=O) groups is 2. The van der Waals surface area contributed by atoms with E-state index < -0.39 is 23.0 Å². The number of nitro benzene ring substituents is 1. The van der Waals surface area contributed by atoms with Crippen molar-refractivity contribution in [1.82, 2.24) is 10.2 Å². The topological polar surface area (TPSA) is 102 Å². The summed E-state index contributed by atoms with van der Waals surface area (Å²) in [5.41, 5.74) is 0.844. The quantitative estimate of drug-likeness (QED) is 0.470. The van der Waals surface area contributed by atoms with Gasteiger partial charge in [0.2, 0.25) is 0 Å². The number of rotatable bonds is 5. The third kappa shape index (κ3) is 3.85. The number of nitrogens with one attached hydrogen (secondary N) is 1. The summed E-state index contributed by atoms with van der Waals surface area (Å²) in [6.45, 7) is 3.86. The minimum absolute atomic E-state index is 0.145. The van der Waals surface area contributed by atoms with E-state index in [0.29, 0.717) is 12.2 Å². The van der Waals surface area contributed by atoms with Crippen LogP contribution in [-0.4, -0.2) is 34.5 Å². The number of nitrogens with zero attached hydrogens (tertiary/aromatic N) is 2. The van der Waals surface area contributed by atoms with Crippen LogP contribution < -0.4 is 5.32 Å². The lowest BCUT2D eigenvalue weighted by Crippen LogP contribution is -2.48. The summed E-state index contributed by atoms with van der Waals surface area (Å²) in [5.74, 6) is -0.522. The molecule has 0 spiro atoms. The van der Waals surface area contributed by atoms with E-state index in [1.165, 1.54) is 11.0 Å². The maximum absolute atomic E-state index is 13.1. The Labute approximate surface area is 163 Å². The van der Waals surface area contributed by atoms with Gasteiger partial charge in [0.05, 0.1) is 22.1 Å². The van der Waals surface area contributed by atoms with Gasteiger partial charge in [0, 0.05) is 18.3 Å². The lowest BCUT2D eigenvalue weighted by molar-refractivity contribution is -0.385. The zero-order valence-electron chi connectivity index (χ0n) is 16.1. The van der Waals surface area contributed by atoms with E-state index in [-0.39, 0.29) is 22.9 Å². The van der Waals surface area contributed by atoms with E-state index in [4.69, 9.17) is 4.74 Å². The van der Waals surface area contributed by atoms with Crippen molar-refractivity contribution in [3.05, 3.63) is 51.2 Å². The van der Waals surface area contributed by atoms with Crippen LogP contribution in [-0.2, 0) is 9.53 Å². The van der Waals surface area contributed by atoms with Gasteiger partial charge in [-0.15, -0.1) is 0 Å². The lowest BCUT2D eigenvalue weighted by atomic mass is 9.93. The second kappa shape index (κ2) is 8.41. The molecule has 2 amide bonds. The highest BCUT2D eigenvalue weighted by Gasteiger charge is 2.39. The number of esters is 1. The van der Waals surface area contributed by atoms with Crippen LogP contribution in [0.1, 0.15) is 57.6 Å². The number of hydrogen-bond donors (Lipinski definition) is 1. The molecule has 0 bridgehead atoms. The van der Waals surface area contributed by atoms with E-state index >= 15 is 0 Å². The molecule has 1 aromatic carbocycles. The Morgan fingerprint density at radius 1 is 1.29 bits per heavy atom. The molecule has 1 saturated carbocycles. The molecule has 1 aliphatic carbocycles. The van der Waals surface area contributed by atoms with Crippen molar-refractivity contribution < 1.29 is 19.2 Å². The van der Waals surface area contributed by atoms with Crippen LogP contribution in [0.4, 0.5) is 10.5 Å². The first-order valence-electron chi connectivity index (χ1n) is 9.67. The Kier molecular flexibility index (Phi) is 5.96. The number of carbonyl (C=O) groups excluding carboxylic acids is 2. The molecule has 1 heterocycles. The number of benzene rings is 1. The smallest absolute Gasteiger partial charge is 0.338 e. The van der Waals surface area contributed by atoms with Crippen molar-refractivity contribution in [2.75, 3.05) is 6.54 Å². The van der Waals surface area contributed by atoms with E-state index in [2.05, 4.69) is 5.32 Å². The molecule has 1 N–H and O–H groups in total. The van der Waals surface area contributed by atoms with E-state index in [9.17, 15) is 19.7 Å². The average Bonchev–Trinajstić information content (AvgIpc) is 2.68. The molecule has 0 radical (unpaired) electrons. The first-order chi connectivity index (χ1) is 13.4. The standard InChI is InChI=1S/C20H25N3O5/c1-3-22-13(2)17(19(24)28-14-9-5-4-6-10-14)18(21-20(22)25)15-11-7-8-12-16(15)23(26)27/h7-8,11-12,14,18H,3-6,9-10H2,1-2H3,(H,21,25)/t18-/m0/s1. The van der Waals surface area contributed by atoms with Crippen molar-refractivity contribution in [3.63, 3.8) is 0 Å². The summed E-state index contributed by atoms with van der Waals surface area (Å²) in [6, 6.07) is 4.82. The molecule has 0 aromatic heterocycles. The first kappa shape index (κ1) is 19.9. The SMILES string of the molecule is CCN1C(=O)N[C@@H](c2ccccc2[N+](=O)[O-])C(C(=O)OC2CCCCC2)=C1C. The Bertz CT molecular complexity index is 814. The highest BCUT2D eigenvalue weighted by molar-refractivity contribution is 5.95. The number of amides is 2. The minimum atomic E-state index is -0.923. The van der Waals surface area contributed by atoms with Gasteiger partial charge in [0.25, 0.3) is 5.69 Å². The van der Waals surface area contributed by atoms with Gasteiger partial charge in [-0.2, -0.15) is 0 Å². The fourth-order valence-corrected chi connectivity index (χ4v) is 3.96. The number of ether oxygens (including phenoxy) is 1. The van der Waals surface area contributed by atoms with Gasteiger partial charge in [0.15, 0.2) is 0 Å². The molecule has 2 aliphatic rings. The second-order valence-corrected chi connectivity index (χ2v) is 7.11. The molecule has 28 heavy (non-hydrogen) atoms. The predicted octanol–water partition coefficient (Wildman–Crippen LogP) is 3.83. The van der Waals surface area contributed by atoms with Gasteiger partial charge < -0.3 is 10.1 Å². The van der Waals surface area contributed by atoms with Gasteiger partial charge in [-0.25, -0.2) is 9.59 Å². The highest BCUT2D eigenvalue weighted by atomic mass is 16.6. The largest absolute Gasteiger partial charge is 0.459 e. The van der Waals surface area contributed by atoms with Gasteiger partial charge in [0.1, 0.15) is 6.10 Å². The van der Waals surface area contributed by atoms with Gasteiger partial charge in [-0.1, -0.05) is 18.6 Å². The molecule has 1 aliphatic heterocycles. The number of urea groups is 1. The molecule has 0 unspecified atom stereocenters. The summed E-state index contributed by atoms with van der Waals surface area (Å²) in [4.78, 5) is 38.0. The normalized spacial score (nSPS) is 20.7. The third-order valence-corrected chi connectivity index (χ3v) is 5.40. The van der Waals surface area contributed by atoms with E-state index in [1.54, 1.807) is 32.0 Å². The summed E-state index contributed by atoms with van der Waals surface area (Å²) in [6.07, 6.45) is 4.65. The zero-order valence-corrected chi connectivity index (χ0v) is 16.1. The van der Waals surface area contributed by atoms with Crippen LogP contribution >= 0.6 is 0 Å². The monoisotopic (exact) mass is 387 g/mol. The van der Waals surface area contributed by atoms with E-state index in [1.807, 2.05) is 0 Å². The lowest BCUT2D eigenvalue weighted by Gasteiger charge is -2.35. The predicted molar refractivity (Wildman–Crippen MR) is 102 cm³/mol. The summed E-state index contributed by atoms with van der Waals surface area (Å²) in [5, 5.41) is 14.2. The highest BCUT2D eigenvalue weighted by Crippen LogP contribution is 2.36. The maximum atomic E-state index is 13.1. The fourth-order valence-electron chi connectivity index (χ4n) is 3.96. The number of hydrogen-bond acceptors (Lipinski definition) is 5. The van der Waals surface area contributed by atoms with Crippen molar-refractivity contribution >= 4 is 17.7 Å². The summed E-state index contributed by atoms with van der Waals surface area (Å²) in [7, 11) is 0. The summed E-state index contributed by atoms with van der Waals surface area (Å²) < 4.78 is 5.74. The number of allylic oxidation sites excluding steroid dienone is 1. The minimum Gasteiger partial charge on any atom is -0.459 e. The number of para-hydroxylation sites is 1. The van der Waals surface area contributed by atoms with Crippen molar-refractivity contribution in [2.45, 2.75) is 58.1 Å². The molecule has 3 rings (SSSR count). The third-order valence-electron chi connectivity index (χ3n) is 5.40. The molecule has 1 aromatic rings. The molecule has 1 fully saturated rings. The van der Waals surface area contributed by atoms with Crippen molar-refractivity contribution in [3.8, 4) is 0 Å². The van der Waals surface area contributed by atoms with Crippen molar-refractivity contribution in [1.29, 1.82) is 0 Å². The molecular weight excluding hydrogens is 362 g/mol. The molecule has 8 heteroatoms. The summed E-state index contributed by atoms with van der Waals surface area (Å²) >= 11 is 0. The van der Waals surface area contributed by atoms with Crippen LogP contribution in [0.25, 0.3) is 0 Å². The molecule has 150 valence electrons. The Morgan fingerprint density at radius 3 is 2.61 bits per heavy atom. The van der Waals surface area contributed by atoms with E-state index in [0.717, 1.165) is 32.1 Å². The van der Waals surface area contributed by atoms with Gasteiger partial charge in [-0.3, -0.25) is 15.0 Å². The van der Waals surface area contributed by atoms with Gasteiger partial charge in [-0.05, 0) is 45.6 Å². The fraction of sp³-hybridized carbons (Fsp3) is 0.500. The first-order valence-corrected chi connectivity index (χ1v) is 9.67. The second-order valence-electron chi connectivity index (χ2n) is 7.11. The van der Waals surface area contributed by atoms with Crippen LogP contribution in [0.2, 0.25) is 0 Å². The molecular formula is C20H25N3O5. The maximum Gasteiger partial charge on any atom is 0.338 e. The average molecular weight is 387 g/mol. The van der Waals surface area contributed by atoms with Crippen LogP contribution in [0.3, 0.4) is 0 Å². The van der Waals surface area contributed by atoms with Crippen molar-refractivity contribution in [2.24, 2.45) is 0 Å². The molecule has 8 nitrogen and oxygen atoms in total. The zero-order chi connectivity index (χ0) is 20.3. The Balaban J connectivity index is 2.02. The van der Waals surface area contributed by atoms with Crippen LogP contribution in [0.15, 0.2) is 35.5 Å². The number of nitro groups is 1. The van der Waals surface area contributed by atoms with Crippen LogP contribution in [0, 0.1) is 10.1 Å². The van der Waals surface area contributed by atoms with Crippen LogP contribution in [0.5, 0.6) is 0 Å². The molecule has 1 atom stereocenters. The van der Waals surface area contributed by atoms with Gasteiger partial charge >= 0.3 is 12.0 Å². The Hall–Kier alpha value is -2.90. The molecule has 0 saturated heterocycles. The Morgan fingerprint density at radius 2 is 1.96 bits per heavy atom.